The summed E-state index contributed by atoms with van der Waals surface area (Å²) in [6, 6.07) is 5.84. The van der Waals surface area contributed by atoms with Crippen LogP contribution in [0.25, 0.3) is 0 Å². The smallest absolute Gasteiger partial charge is 0.306 e. The van der Waals surface area contributed by atoms with E-state index in [1.54, 1.807) is 11.8 Å². The number of hydrogen-bond donors (Lipinski definition) is 1. The first-order valence-electron chi connectivity index (χ1n) is 7.42. The van der Waals surface area contributed by atoms with Crippen LogP contribution < -0.4 is 0 Å². The van der Waals surface area contributed by atoms with Crippen LogP contribution in [0, 0.1) is 19.8 Å². The van der Waals surface area contributed by atoms with Gasteiger partial charge >= 0.3 is 5.97 Å². The summed E-state index contributed by atoms with van der Waals surface area (Å²) in [5, 5.41) is 9.41. The Morgan fingerprint density at radius 1 is 1.14 bits per heavy atom. The lowest BCUT2D eigenvalue weighted by Gasteiger charge is -2.25. The maximum Gasteiger partial charge on any atom is 0.306 e. The molecule has 1 aromatic carbocycles. The zero-order chi connectivity index (χ0) is 15.4. The summed E-state index contributed by atoms with van der Waals surface area (Å²) in [7, 11) is 0. The Bertz CT molecular complexity index is 531. The van der Waals surface area contributed by atoms with Crippen molar-refractivity contribution in [1.82, 2.24) is 0 Å². The number of aliphatic carboxylic acids is 1. The summed E-state index contributed by atoms with van der Waals surface area (Å²) in [6.07, 6.45) is 3.29. The molecule has 1 aliphatic rings. The van der Waals surface area contributed by atoms with Gasteiger partial charge in [0, 0.05) is 10.8 Å². The van der Waals surface area contributed by atoms with Crippen molar-refractivity contribution in [3.63, 3.8) is 0 Å². The molecule has 1 aliphatic carbocycles. The average Bonchev–Trinajstić information content (AvgIpc) is 2.48. The summed E-state index contributed by atoms with van der Waals surface area (Å²) in [5.41, 5.74) is 3.13. The van der Waals surface area contributed by atoms with Crippen LogP contribution >= 0.6 is 11.8 Å². The minimum atomic E-state index is -0.676. The summed E-state index contributed by atoms with van der Waals surface area (Å²) >= 11 is 1.68. The van der Waals surface area contributed by atoms with Gasteiger partial charge in [0.15, 0.2) is 5.78 Å². The molecule has 0 bridgehead atoms. The lowest BCUT2D eigenvalue weighted by molar-refractivity contribution is -0.142. The quantitative estimate of drug-likeness (QED) is 0.839. The first-order chi connectivity index (χ1) is 9.97. The standard InChI is InChI=1S/C17H22O3S/c1-11-3-4-14(9-12(11)2)16(18)10-21-15-7-5-13(6-8-15)17(19)20/h3-4,9,13,15H,5-8,10H2,1-2H3,(H,19,20). The molecular formula is C17H22O3S. The third-order valence-electron chi connectivity index (χ3n) is 4.30. The number of Topliss-reactive ketones (excluding diaryl/α,β-unsaturated/α-hetero) is 1. The Balaban J connectivity index is 1.82. The van der Waals surface area contributed by atoms with E-state index < -0.39 is 5.97 Å². The molecule has 0 radical (unpaired) electrons. The van der Waals surface area contributed by atoms with Crippen LogP contribution in [0.3, 0.4) is 0 Å². The van der Waals surface area contributed by atoms with Gasteiger partial charge in [0.1, 0.15) is 0 Å². The van der Waals surface area contributed by atoms with E-state index >= 15 is 0 Å². The first kappa shape index (κ1) is 16.1. The van der Waals surface area contributed by atoms with Crippen LogP contribution in [0.1, 0.15) is 47.2 Å². The van der Waals surface area contributed by atoms with Crippen molar-refractivity contribution < 1.29 is 14.7 Å². The molecule has 0 heterocycles. The number of carbonyl (C=O) groups excluding carboxylic acids is 1. The SMILES string of the molecule is Cc1ccc(C(=O)CSC2CCC(C(=O)O)CC2)cc1C. The maximum atomic E-state index is 12.2. The van der Waals surface area contributed by atoms with Gasteiger partial charge in [-0.05, 0) is 56.7 Å². The Labute approximate surface area is 130 Å². The summed E-state index contributed by atoms with van der Waals surface area (Å²) in [4.78, 5) is 23.1. The minimum absolute atomic E-state index is 0.170. The molecule has 3 nitrogen and oxygen atoms in total. The molecule has 0 saturated heterocycles. The lowest BCUT2D eigenvalue weighted by Crippen LogP contribution is -2.23. The third kappa shape index (κ3) is 4.34. The molecular weight excluding hydrogens is 284 g/mol. The molecule has 0 aliphatic heterocycles. The Kier molecular flexibility index (Phi) is 5.45. The Hall–Kier alpha value is -1.29. The monoisotopic (exact) mass is 306 g/mol. The second kappa shape index (κ2) is 7.12. The number of rotatable bonds is 5. The zero-order valence-electron chi connectivity index (χ0n) is 12.6. The van der Waals surface area contributed by atoms with Gasteiger partial charge in [0.05, 0.1) is 11.7 Å². The van der Waals surface area contributed by atoms with Crippen LogP contribution in [0.5, 0.6) is 0 Å². The van der Waals surface area contributed by atoms with E-state index in [2.05, 4.69) is 0 Å². The van der Waals surface area contributed by atoms with Gasteiger partial charge < -0.3 is 5.11 Å². The van der Waals surface area contributed by atoms with Crippen molar-refractivity contribution in [2.45, 2.75) is 44.8 Å². The lowest BCUT2D eigenvalue weighted by atomic mass is 9.89. The van der Waals surface area contributed by atoms with Gasteiger partial charge in [0.2, 0.25) is 0 Å². The van der Waals surface area contributed by atoms with E-state index in [1.165, 1.54) is 5.56 Å². The van der Waals surface area contributed by atoms with Crippen molar-refractivity contribution in [2.75, 3.05) is 5.75 Å². The van der Waals surface area contributed by atoms with Gasteiger partial charge in [-0.1, -0.05) is 12.1 Å². The second-order valence-corrected chi connectivity index (χ2v) is 7.13. The maximum absolute atomic E-state index is 12.2. The van der Waals surface area contributed by atoms with E-state index in [0.717, 1.165) is 36.8 Å². The molecule has 1 aromatic rings. The molecule has 1 fully saturated rings. The van der Waals surface area contributed by atoms with E-state index in [4.69, 9.17) is 5.11 Å². The molecule has 1 N–H and O–H groups in total. The Morgan fingerprint density at radius 3 is 2.38 bits per heavy atom. The molecule has 4 heteroatoms. The largest absolute Gasteiger partial charge is 0.481 e. The van der Waals surface area contributed by atoms with Gasteiger partial charge in [-0.3, -0.25) is 9.59 Å². The normalized spacial score (nSPS) is 22.0. The first-order valence-corrected chi connectivity index (χ1v) is 8.47. The fourth-order valence-corrected chi connectivity index (χ4v) is 3.83. The van der Waals surface area contributed by atoms with Crippen molar-refractivity contribution >= 4 is 23.5 Å². The highest BCUT2D eigenvalue weighted by atomic mass is 32.2. The fourth-order valence-electron chi connectivity index (χ4n) is 2.67. The summed E-state index contributed by atoms with van der Waals surface area (Å²) < 4.78 is 0. The molecule has 114 valence electrons. The van der Waals surface area contributed by atoms with Gasteiger partial charge in [-0.2, -0.15) is 11.8 Å². The molecule has 1 saturated carbocycles. The van der Waals surface area contributed by atoms with Crippen LogP contribution in [0.15, 0.2) is 18.2 Å². The summed E-state index contributed by atoms with van der Waals surface area (Å²) in [6.45, 7) is 4.06. The van der Waals surface area contributed by atoms with E-state index in [-0.39, 0.29) is 11.7 Å². The molecule has 2 rings (SSSR count). The van der Waals surface area contributed by atoms with Crippen LogP contribution in [-0.2, 0) is 4.79 Å². The number of ketones is 1. The van der Waals surface area contributed by atoms with Crippen molar-refractivity contribution in [3.8, 4) is 0 Å². The predicted octanol–water partition coefficient (Wildman–Crippen LogP) is 3.86. The van der Waals surface area contributed by atoms with Crippen LogP contribution in [0.4, 0.5) is 0 Å². The average molecular weight is 306 g/mol. The molecule has 0 unspecified atom stereocenters. The molecule has 21 heavy (non-hydrogen) atoms. The minimum Gasteiger partial charge on any atom is -0.481 e. The number of carboxylic acid groups (broad SMARTS) is 1. The predicted molar refractivity (Wildman–Crippen MR) is 86.1 cm³/mol. The van der Waals surface area contributed by atoms with E-state index in [9.17, 15) is 9.59 Å². The van der Waals surface area contributed by atoms with Crippen molar-refractivity contribution in [2.24, 2.45) is 5.92 Å². The summed E-state index contributed by atoms with van der Waals surface area (Å²) in [5.74, 6) is -0.198. The number of benzene rings is 1. The number of hydrogen-bond acceptors (Lipinski definition) is 3. The third-order valence-corrected chi connectivity index (χ3v) is 5.67. The highest BCUT2D eigenvalue weighted by Crippen LogP contribution is 2.32. The van der Waals surface area contributed by atoms with Crippen molar-refractivity contribution in [3.05, 3.63) is 34.9 Å². The number of carbonyl (C=O) groups is 2. The molecule has 0 spiro atoms. The number of aryl methyl sites for hydroxylation is 2. The van der Waals surface area contributed by atoms with Crippen LogP contribution in [0.2, 0.25) is 0 Å². The highest BCUT2D eigenvalue weighted by Gasteiger charge is 2.26. The van der Waals surface area contributed by atoms with Gasteiger partial charge in [-0.25, -0.2) is 0 Å². The van der Waals surface area contributed by atoms with Crippen LogP contribution in [-0.4, -0.2) is 27.9 Å². The highest BCUT2D eigenvalue weighted by molar-refractivity contribution is 8.00. The second-order valence-electron chi connectivity index (χ2n) is 5.85. The topological polar surface area (TPSA) is 54.4 Å². The molecule has 0 aromatic heterocycles. The number of carboxylic acids is 1. The fraction of sp³-hybridized carbons (Fsp3) is 0.529. The molecule has 0 amide bonds. The zero-order valence-corrected chi connectivity index (χ0v) is 13.4. The molecule has 0 atom stereocenters. The van der Waals surface area contributed by atoms with E-state index in [0.29, 0.717) is 11.0 Å². The van der Waals surface area contributed by atoms with Crippen molar-refractivity contribution in [1.29, 1.82) is 0 Å². The van der Waals surface area contributed by atoms with Gasteiger partial charge in [-0.15, -0.1) is 0 Å². The van der Waals surface area contributed by atoms with E-state index in [1.807, 2.05) is 32.0 Å². The number of thioether (sulfide) groups is 1. The Morgan fingerprint density at radius 2 is 1.81 bits per heavy atom. The van der Waals surface area contributed by atoms with Gasteiger partial charge in [0.25, 0.3) is 0 Å².